The maximum absolute atomic E-state index is 9.42. The summed E-state index contributed by atoms with van der Waals surface area (Å²) in [5.74, 6) is 1.13. The zero-order valence-corrected chi connectivity index (χ0v) is 10.0. The lowest BCUT2D eigenvalue weighted by molar-refractivity contribution is 0.423. The van der Waals surface area contributed by atoms with E-state index in [0.717, 1.165) is 5.69 Å². The van der Waals surface area contributed by atoms with Crippen LogP contribution in [-0.4, -0.2) is 20.2 Å². The molecule has 0 amide bonds. The number of benzene rings is 1. The molecule has 19 heavy (non-hydrogen) atoms. The number of pyridine rings is 1. The Balaban J connectivity index is 1.84. The van der Waals surface area contributed by atoms with E-state index in [4.69, 9.17) is 4.52 Å². The van der Waals surface area contributed by atoms with Crippen molar-refractivity contribution in [3.05, 3.63) is 60.2 Å². The highest BCUT2D eigenvalue weighted by Gasteiger charge is 2.10. The van der Waals surface area contributed by atoms with E-state index in [1.807, 2.05) is 18.2 Å². The number of hydrogen-bond donors (Lipinski definition) is 1. The third-order valence-electron chi connectivity index (χ3n) is 2.63. The number of phenolic OH excluding ortho intramolecular Hbond substituents is 1. The second-order valence-electron chi connectivity index (χ2n) is 4.06. The van der Waals surface area contributed by atoms with Crippen molar-refractivity contribution in [2.75, 3.05) is 0 Å². The van der Waals surface area contributed by atoms with Gasteiger partial charge < -0.3 is 9.63 Å². The molecule has 1 aromatic carbocycles. The quantitative estimate of drug-likeness (QED) is 0.776. The second kappa shape index (κ2) is 4.89. The predicted molar refractivity (Wildman–Crippen MR) is 68.4 cm³/mol. The van der Waals surface area contributed by atoms with Gasteiger partial charge in [-0.1, -0.05) is 17.3 Å². The molecular formula is C14H11N3O2. The highest BCUT2D eigenvalue weighted by atomic mass is 16.5. The number of aromatic nitrogens is 3. The molecule has 0 radical (unpaired) electrons. The standard InChI is InChI=1S/C14H11N3O2/c18-12-6-3-4-10(8-12)14-16-13(17-19-14)9-11-5-1-2-7-15-11/h1-8,18H,9H2. The first-order valence-electron chi connectivity index (χ1n) is 5.83. The van der Waals surface area contributed by atoms with Gasteiger partial charge in [-0.25, -0.2) is 0 Å². The molecule has 3 aromatic rings. The number of phenols is 1. The van der Waals surface area contributed by atoms with Gasteiger partial charge >= 0.3 is 0 Å². The first-order valence-corrected chi connectivity index (χ1v) is 5.83. The summed E-state index contributed by atoms with van der Waals surface area (Å²) in [6.07, 6.45) is 2.24. The Kier molecular flexibility index (Phi) is 2.94. The van der Waals surface area contributed by atoms with E-state index in [1.54, 1.807) is 30.5 Å². The van der Waals surface area contributed by atoms with Crippen molar-refractivity contribution in [3.63, 3.8) is 0 Å². The summed E-state index contributed by atoms with van der Waals surface area (Å²) in [6.45, 7) is 0. The molecule has 0 saturated carbocycles. The minimum absolute atomic E-state index is 0.168. The Labute approximate surface area is 109 Å². The molecule has 2 heterocycles. The lowest BCUT2D eigenvalue weighted by Crippen LogP contribution is -1.93. The van der Waals surface area contributed by atoms with Gasteiger partial charge in [0.2, 0.25) is 0 Å². The summed E-state index contributed by atoms with van der Waals surface area (Å²) in [5.41, 5.74) is 1.57. The Morgan fingerprint density at radius 2 is 2.05 bits per heavy atom. The molecule has 0 spiro atoms. The molecule has 0 bridgehead atoms. The predicted octanol–water partition coefficient (Wildman–Crippen LogP) is 2.43. The maximum atomic E-state index is 9.42. The van der Waals surface area contributed by atoms with Crippen LogP contribution in [0.2, 0.25) is 0 Å². The molecule has 2 aromatic heterocycles. The fraction of sp³-hybridized carbons (Fsp3) is 0.0714. The molecule has 5 nitrogen and oxygen atoms in total. The van der Waals surface area contributed by atoms with E-state index in [0.29, 0.717) is 23.7 Å². The SMILES string of the molecule is Oc1cccc(-c2nc(Cc3ccccn3)no2)c1. The third-order valence-corrected chi connectivity index (χ3v) is 2.63. The summed E-state index contributed by atoms with van der Waals surface area (Å²) in [5, 5.41) is 13.3. The molecule has 0 fully saturated rings. The van der Waals surface area contributed by atoms with Crippen molar-refractivity contribution in [2.24, 2.45) is 0 Å². The van der Waals surface area contributed by atoms with E-state index in [1.165, 1.54) is 0 Å². The van der Waals surface area contributed by atoms with Crippen molar-refractivity contribution in [2.45, 2.75) is 6.42 Å². The van der Waals surface area contributed by atoms with Crippen LogP contribution >= 0.6 is 0 Å². The van der Waals surface area contributed by atoms with Crippen molar-refractivity contribution in [1.29, 1.82) is 0 Å². The van der Waals surface area contributed by atoms with Gasteiger partial charge in [0.25, 0.3) is 5.89 Å². The lowest BCUT2D eigenvalue weighted by Gasteiger charge is -1.95. The summed E-state index contributed by atoms with van der Waals surface area (Å²) in [6, 6.07) is 12.4. The Bertz CT molecular complexity index is 680. The summed E-state index contributed by atoms with van der Waals surface area (Å²) in [4.78, 5) is 8.50. The van der Waals surface area contributed by atoms with Crippen LogP contribution in [0, 0.1) is 0 Å². The zero-order chi connectivity index (χ0) is 13.1. The summed E-state index contributed by atoms with van der Waals surface area (Å²) < 4.78 is 5.18. The molecule has 0 saturated heterocycles. The molecule has 0 atom stereocenters. The molecule has 0 aliphatic heterocycles. The van der Waals surface area contributed by atoms with Gasteiger partial charge in [-0.15, -0.1) is 0 Å². The fourth-order valence-corrected chi connectivity index (χ4v) is 1.75. The highest BCUT2D eigenvalue weighted by molar-refractivity contribution is 5.55. The van der Waals surface area contributed by atoms with Crippen LogP contribution < -0.4 is 0 Å². The lowest BCUT2D eigenvalue weighted by atomic mass is 10.2. The van der Waals surface area contributed by atoms with Crippen LogP contribution in [0.5, 0.6) is 5.75 Å². The van der Waals surface area contributed by atoms with Gasteiger partial charge in [-0.05, 0) is 30.3 Å². The Morgan fingerprint density at radius 1 is 1.11 bits per heavy atom. The van der Waals surface area contributed by atoms with Gasteiger partial charge in [0.1, 0.15) is 5.75 Å². The first-order chi connectivity index (χ1) is 9.31. The smallest absolute Gasteiger partial charge is 0.258 e. The molecule has 1 N–H and O–H groups in total. The average molecular weight is 253 g/mol. The Hall–Kier alpha value is -2.69. The molecule has 94 valence electrons. The van der Waals surface area contributed by atoms with Gasteiger partial charge in [-0.2, -0.15) is 4.98 Å². The minimum Gasteiger partial charge on any atom is -0.508 e. The third kappa shape index (κ3) is 2.60. The van der Waals surface area contributed by atoms with Crippen molar-refractivity contribution in [1.82, 2.24) is 15.1 Å². The second-order valence-corrected chi connectivity index (χ2v) is 4.06. The minimum atomic E-state index is 0.168. The van der Waals surface area contributed by atoms with Crippen LogP contribution in [0.25, 0.3) is 11.5 Å². The summed E-state index contributed by atoms with van der Waals surface area (Å²) in [7, 11) is 0. The van der Waals surface area contributed by atoms with Gasteiger partial charge in [0.05, 0.1) is 6.42 Å². The van der Waals surface area contributed by atoms with Crippen LogP contribution in [0.1, 0.15) is 11.5 Å². The maximum Gasteiger partial charge on any atom is 0.258 e. The zero-order valence-electron chi connectivity index (χ0n) is 10.0. The van der Waals surface area contributed by atoms with Gasteiger partial charge in [0, 0.05) is 17.5 Å². The van der Waals surface area contributed by atoms with E-state index >= 15 is 0 Å². The van der Waals surface area contributed by atoms with Crippen LogP contribution in [0.3, 0.4) is 0 Å². The normalized spacial score (nSPS) is 10.5. The van der Waals surface area contributed by atoms with Crippen LogP contribution in [0.15, 0.2) is 53.2 Å². The first kappa shape index (κ1) is 11.4. The van der Waals surface area contributed by atoms with Gasteiger partial charge in [-0.3, -0.25) is 4.98 Å². The van der Waals surface area contributed by atoms with E-state index in [-0.39, 0.29) is 5.75 Å². The monoisotopic (exact) mass is 253 g/mol. The molecule has 0 aliphatic rings. The molecule has 0 aliphatic carbocycles. The largest absolute Gasteiger partial charge is 0.508 e. The highest BCUT2D eigenvalue weighted by Crippen LogP contribution is 2.21. The number of aromatic hydroxyl groups is 1. The van der Waals surface area contributed by atoms with Crippen LogP contribution in [0.4, 0.5) is 0 Å². The number of rotatable bonds is 3. The number of nitrogens with zero attached hydrogens (tertiary/aromatic N) is 3. The van der Waals surface area contributed by atoms with Gasteiger partial charge in [0.15, 0.2) is 5.82 Å². The molecule has 5 heteroatoms. The molecular weight excluding hydrogens is 242 g/mol. The van der Waals surface area contributed by atoms with E-state index in [2.05, 4.69) is 15.1 Å². The molecule has 3 rings (SSSR count). The average Bonchev–Trinajstić information content (AvgIpc) is 2.88. The fourth-order valence-electron chi connectivity index (χ4n) is 1.75. The van der Waals surface area contributed by atoms with Crippen molar-refractivity contribution < 1.29 is 9.63 Å². The van der Waals surface area contributed by atoms with E-state index in [9.17, 15) is 5.11 Å². The van der Waals surface area contributed by atoms with Crippen molar-refractivity contribution >= 4 is 0 Å². The van der Waals surface area contributed by atoms with E-state index < -0.39 is 0 Å². The topological polar surface area (TPSA) is 72.0 Å². The van der Waals surface area contributed by atoms with Crippen molar-refractivity contribution in [3.8, 4) is 17.2 Å². The van der Waals surface area contributed by atoms with Crippen LogP contribution in [-0.2, 0) is 6.42 Å². The molecule has 0 unspecified atom stereocenters. The number of hydrogen-bond acceptors (Lipinski definition) is 5. The summed E-state index contributed by atoms with van der Waals surface area (Å²) >= 11 is 0. The Morgan fingerprint density at radius 3 is 2.84 bits per heavy atom.